The van der Waals surface area contributed by atoms with Gasteiger partial charge in [0.1, 0.15) is 0 Å². The van der Waals surface area contributed by atoms with Gasteiger partial charge in [0.05, 0.1) is 10.1 Å². The summed E-state index contributed by atoms with van der Waals surface area (Å²) in [6, 6.07) is 11.2. The number of anilines is 1. The number of carbonyl (C=O) groups excluding carboxylic acids is 1. The summed E-state index contributed by atoms with van der Waals surface area (Å²) in [6.45, 7) is 1.75. The van der Waals surface area contributed by atoms with Gasteiger partial charge < -0.3 is 5.32 Å². The number of sulfonamides is 1. The maximum Gasteiger partial charge on any atom is 0.238 e. The number of amides is 1. The third-order valence-corrected chi connectivity index (χ3v) is 5.37. The molecule has 0 radical (unpaired) electrons. The van der Waals surface area contributed by atoms with Crippen LogP contribution in [0.1, 0.15) is 6.92 Å². The van der Waals surface area contributed by atoms with Crippen LogP contribution < -0.4 is 10.5 Å². The molecule has 130 valence electrons. The Labute approximate surface area is 148 Å². The maximum absolute atomic E-state index is 12.3. The molecule has 8 nitrogen and oxygen atoms in total. The minimum atomic E-state index is -3.75. The molecule has 0 spiro atoms. The molecule has 3 aromatic rings. The number of fused-ring (bicyclic) bond motifs is 1. The highest BCUT2D eigenvalue weighted by Gasteiger charge is 2.18. The van der Waals surface area contributed by atoms with E-state index in [1.807, 2.05) is 24.4 Å². The Morgan fingerprint density at radius 1 is 1.20 bits per heavy atom. The Morgan fingerprint density at radius 3 is 2.60 bits per heavy atom. The zero-order valence-corrected chi connectivity index (χ0v) is 14.8. The maximum atomic E-state index is 12.3. The number of hydrogen-bond donors (Lipinski definition) is 2. The second-order valence-corrected chi connectivity index (χ2v) is 8.10. The zero-order valence-electron chi connectivity index (χ0n) is 13.2. The lowest BCUT2D eigenvalue weighted by molar-refractivity contribution is -0.115. The normalized spacial score (nSPS) is 12.9. The quantitative estimate of drug-likeness (QED) is 0.650. The molecule has 25 heavy (non-hydrogen) atoms. The van der Waals surface area contributed by atoms with Crippen LogP contribution in [0.4, 0.5) is 5.69 Å². The number of nitrogens with one attached hydrogen (secondary N) is 1. The molecular formula is C15H15N5O3S2. The van der Waals surface area contributed by atoms with Gasteiger partial charge in [0.15, 0.2) is 10.8 Å². The topological polar surface area (TPSA) is 119 Å². The van der Waals surface area contributed by atoms with Crippen LogP contribution in [0.2, 0.25) is 0 Å². The predicted molar refractivity (Wildman–Crippen MR) is 94.8 cm³/mol. The highest BCUT2D eigenvalue weighted by atomic mass is 32.2. The molecule has 0 bridgehead atoms. The average Bonchev–Trinajstić information content (AvgIpc) is 2.97. The van der Waals surface area contributed by atoms with Gasteiger partial charge in [-0.25, -0.2) is 13.6 Å². The van der Waals surface area contributed by atoms with Gasteiger partial charge in [0.2, 0.25) is 15.9 Å². The lowest BCUT2D eigenvalue weighted by atomic mass is 10.3. The predicted octanol–water partition coefficient (Wildman–Crippen LogP) is 1.50. The summed E-state index contributed by atoms with van der Waals surface area (Å²) in [5.74, 6) is -0.235. The fourth-order valence-electron chi connectivity index (χ4n) is 2.08. The van der Waals surface area contributed by atoms with E-state index in [1.54, 1.807) is 11.3 Å². The Balaban J connectivity index is 1.68. The van der Waals surface area contributed by atoms with E-state index >= 15 is 0 Å². The van der Waals surface area contributed by atoms with Crippen molar-refractivity contribution in [3.8, 4) is 0 Å². The van der Waals surface area contributed by atoms with Crippen molar-refractivity contribution >= 4 is 39.0 Å². The first-order valence-electron chi connectivity index (χ1n) is 7.25. The molecule has 3 N–H and O–H groups in total. The molecule has 1 atom stereocenters. The van der Waals surface area contributed by atoms with E-state index in [0.717, 1.165) is 0 Å². The Bertz CT molecular complexity index is 1020. The molecule has 1 unspecified atom stereocenters. The van der Waals surface area contributed by atoms with E-state index in [0.29, 0.717) is 16.5 Å². The van der Waals surface area contributed by atoms with Crippen LogP contribution in [0.15, 0.2) is 58.7 Å². The van der Waals surface area contributed by atoms with E-state index in [9.17, 15) is 13.2 Å². The highest BCUT2D eigenvalue weighted by Crippen LogP contribution is 2.23. The van der Waals surface area contributed by atoms with Crippen LogP contribution in [0.25, 0.3) is 5.65 Å². The fraction of sp³-hybridized carbons (Fsp3) is 0.133. The van der Waals surface area contributed by atoms with Gasteiger partial charge in [0, 0.05) is 11.9 Å². The summed E-state index contributed by atoms with van der Waals surface area (Å²) < 4.78 is 24.3. The number of aromatic nitrogens is 3. The van der Waals surface area contributed by atoms with E-state index in [1.165, 1.54) is 36.0 Å². The molecule has 2 heterocycles. The van der Waals surface area contributed by atoms with Crippen molar-refractivity contribution in [1.29, 1.82) is 0 Å². The second kappa shape index (κ2) is 6.82. The van der Waals surface area contributed by atoms with E-state index in [4.69, 9.17) is 5.14 Å². The first-order chi connectivity index (χ1) is 11.8. The second-order valence-electron chi connectivity index (χ2n) is 5.23. The van der Waals surface area contributed by atoms with Gasteiger partial charge in [0.25, 0.3) is 0 Å². The van der Waals surface area contributed by atoms with Crippen LogP contribution in [0.5, 0.6) is 0 Å². The lowest BCUT2D eigenvalue weighted by Gasteiger charge is -2.11. The third-order valence-electron chi connectivity index (χ3n) is 3.38. The number of nitrogens with zero attached hydrogens (tertiary/aromatic N) is 3. The van der Waals surface area contributed by atoms with Crippen molar-refractivity contribution < 1.29 is 13.2 Å². The van der Waals surface area contributed by atoms with Gasteiger partial charge in [-0.2, -0.15) is 0 Å². The number of pyridine rings is 1. The average molecular weight is 377 g/mol. The summed E-state index contributed by atoms with van der Waals surface area (Å²) in [5, 5.41) is 16.1. The third kappa shape index (κ3) is 3.98. The SMILES string of the molecule is CC(Sc1nnc2ccccn12)C(=O)Nc1ccc(S(N)(=O)=O)cc1. The molecule has 0 saturated heterocycles. The minimum absolute atomic E-state index is 0.0112. The van der Waals surface area contributed by atoms with Crippen LogP contribution in [-0.2, 0) is 14.8 Å². The minimum Gasteiger partial charge on any atom is -0.325 e. The van der Waals surface area contributed by atoms with Crippen molar-refractivity contribution in [3.63, 3.8) is 0 Å². The summed E-state index contributed by atoms with van der Waals surface area (Å²) in [5.41, 5.74) is 1.19. The van der Waals surface area contributed by atoms with Gasteiger partial charge in [-0.05, 0) is 43.3 Å². The van der Waals surface area contributed by atoms with Crippen molar-refractivity contribution in [2.45, 2.75) is 22.2 Å². The molecular weight excluding hydrogens is 362 g/mol. The summed E-state index contributed by atoms with van der Waals surface area (Å²) >= 11 is 1.28. The summed E-state index contributed by atoms with van der Waals surface area (Å²) in [6.07, 6.45) is 1.83. The van der Waals surface area contributed by atoms with Gasteiger partial charge in [-0.15, -0.1) is 10.2 Å². The Morgan fingerprint density at radius 2 is 1.92 bits per heavy atom. The molecule has 0 aliphatic carbocycles. The van der Waals surface area contributed by atoms with Crippen LogP contribution in [-0.4, -0.2) is 34.2 Å². The van der Waals surface area contributed by atoms with E-state index in [-0.39, 0.29) is 10.8 Å². The molecule has 0 aliphatic heterocycles. The fourth-order valence-corrected chi connectivity index (χ4v) is 3.44. The standard InChI is InChI=1S/C15H15N5O3S2/c1-10(24-15-19-18-13-4-2-3-9-20(13)15)14(21)17-11-5-7-12(8-6-11)25(16,22)23/h2-10H,1H3,(H,17,21)(H2,16,22,23). The van der Waals surface area contributed by atoms with Crippen molar-refractivity contribution in [2.75, 3.05) is 5.32 Å². The number of hydrogen-bond acceptors (Lipinski definition) is 6. The summed E-state index contributed by atoms with van der Waals surface area (Å²) in [4.78, 5) is 12.3. The van der Waals surface area contributed by atoms with Gasteiger partial charge >= 0.3 is 0 Å². The number of rotatable bonds is 5. The molecule has 3 rings (SSSR count). The molecule has 0 aliphatic rings. The Kier molecular flexibility index (Phi) is 4.75. The number of primary sulfonamides is 1. The first kappa shape index (κ1) is 17.4. The number of carbonyl (C=O) groups is 1. The van der Waals surface area contributed by atoms with Crippen molar-refractivity contribution in [3.05, 3.63) is 48.7 Å². The number of thioether (sulfide) groups is 1. The van der Waals surface area contributed by atoms with Crippen LogP contribution >= 0.6 is 11.8 Å². The van der Waals surface area contributed by atoms with Gasteiger partial charge in [-0.3, -0.25) is 9.20 Å². The van der Waals surface area contributed by atoms with Crippen LogP contribution in [0, 0.1) is 0 Å². The van der Waals surface area contributed by atoms with Crippen LogP contribution in [0.3, 0.4) is 0 Å². The van der Waals surface area contributed by atoms with Gasteiger partial charge in [-0.1, -0.05) is 17.8 Å². The zero-order chi connectivity index (χ0) is 18.0. The molecule has 1 amide bonds. The van der Waals surface area contributed by atoms with E-state index in [2.05, 4.69) is 15.5 Å². The monoisotopic (exact) mass is 377 g/mol. The first-order valence-corrected chi connectivity index (χ1v) is 9.67. The Hall–Kier alpha value is -2.43. The largest absolute Gasteiger partial charge is 0.325 e. The van der Waals surface area contributed by atoms with E-state index < -0.39 is 15.3 Å². The highest BCUT2D eigenvalue weighted by molar-refractivity contribution is 8.00. The number of nitrogens with two attached hydrogens (primary N) is 1. The lowest BCUT2D eigenvalue weighted by Crippen LogP contribution is -2.22. The molecule has 1 aromatic carbocycles. The molecule has 10 heteroatoms. The number of benzene rings is 1. The summed E-state index contributed by atoms with van der Waals surface area (Å²) in [7, 11) is -3.75. The molecule has 0 saturated carbocycles. The van der Waals surface area contributed by atoms with Crippen molar-refractivity contribution in [2.24, 2.45) is 5.14 Å². The smallest absolute Gasteiger partial charge is 0.238 e. The molecule has 0 fully saturated rings. The molecule has 2 aromatic heterocycles. The van der Waals surface area contributed by atoms with Crippen molar-refractivity contribution in [1.82, 2.24) is 14.6 Å².